The van der Waals surface area contributed by atoms with Crippen molar-refractivity contribution in [2.75, 3.05) is 11.7 Å². The van der Waals surface area contributed by atoms with Gasteiger partial charge in [0.15, 0.2) is 5.43 Å². The molecule has 2 aromatic carbocycles. The molecule has 0 fully saturated rings. The summed E-state index contributed by atoms with van der Waals surface area (Å²) < 4.78 is 1.76. The molecule has 1 atom stereocenters. The van der Waals surface area contributed by atoms with Crippen LogP contribution in [0.3, 0.4) is 0 Å². The van der Waals surface area contributed by atoms with E-state index in [0.717, 1.165) is 11.1 Å². The van der Waals surface area contributed by atoms with E-state index in [1.807, 2.05) is 59.6 Å². The number of aromatic nitrogens is 1. The third-order valence-corrected chi connectivity index (χ3v) is 5.17. The van der Waals surface area contributed by atoms with Gasteiger partial charge in [-0.25, -0.2) is 0 Å². The maximum absolute atomic E-state index is 12.4. The van der Waals surface area contributed by atoms with Crippen LogP contribution in [0.15, 0.2) is 71.7 Å². The maximum atomic E-state index is 12.4. The second-order valence-corrected chi connectivity index (χ2v) is 6.84. The standard InChI is InChI=1S/C21H18ClN3O2/c1-14-18(26)11-12-24-19(14)21(27)23-13-25(24)20(15-7-3-2-4-8-15)16-9-5-6-10-17(16)22/h2-12,20H,13H2,1H3,(H,23,27). The van der Waals surface area contributed by atoms with Crippen molar-refractivity contribution in [1.29, 1.82) is 0 Å². The van der Waals surface area contributed by atoms with Crippen LogP contribution >= 0.6 is 11.6 Å². The first-order chi connectivity index (χ1) is 13.1. The first-order valence-electron chi connectivity index (χ1n) is 8.64. The molecule has 6 heteroatoms. The number of hydrogen-bond acceptors (Lipinski definition) is 3. The Labute approximate surface area is 161 Å². The van der Waals surface area contributed by atoms with E-state index in [0.29, 0.717) is 22.9 Å². The van der Waals surface area contributed by atoms with Crippen LogP contribution in [-0.4, -0.2) is 17.3 Å². The highest BCUT2D eigenvalue weighted by Crippen LogP contribution is 2.33. The number of hydrogen-bond donors (Lipinski definition) is 1. The monoisotopic (exact) mass is 379 g/mol. The quantitative estimate of drug-likeness (QED) is 0.760. The van der Waals surface area contributed by atoms with E-state index in [9.17, 15) is 9.59 Å². The lowest BCUT2D eigenvalue weighted by molar-refractivity contribution is 0.0919. The summed E-state index contributed by atoms with van der Waals surface area (Å²) in [6, 6.07) is 18.9. The fourth-order valence-corrected chi connectivity index (χ4v) is 3.73. The minimum absolute atomic E-state index is 0.160. The molecule has 1 aliphatic heterocycles. The van der Waals surface area contributed by atoms with Gasteiger partial charge in [-0.1, -0.05) is 60.1 Å². The largest absolute Gasteiger partial charge is 0.332 e. The van der Waals surface area contributed by atoms with Gasteiger partial charge in [0, 0.05) is 22.8 Å². The Morgan fingerprint density at radius 3 is 2.44 bits per heavy atom. The molecule has 0 radical (unpaired) electrons. The van der Waals surface area contributed by atoms with Crippen molar-refractivity contribution < 1.29 is 4.79 Å². The molecule has 1 aliphatic rings. The first kappa shape index (κ1) is 17.4. The van der Waals surface area contributed by atoms with Crippen molar-refractivity contribution in [3.8, 4) is 0 Å². The van der Waals surface area contributed by atoms with Gasteiger partial charge in [-0.05, 0) is 24.1 Å². The van der Waals surface area contributed by atoms with Crippen LogP contribution in [0.25, 0.3) is 0 Å². The van der Waals surface area contributed by atoms with Crippen LogP contribution in [0.1, 0.15) is 33.2 Å². The minimum Gasteiger partial charge on any atom is -0.332 e. The molecule has 0 spiro atoms. The van der Waals surface area contributed by atoms with Crippen molar-refractivity contribution >= 4 is 17.5 Å². The molecule has 0 aliphatic carbocycles. The lowest BCUT2D eigenvalue weighted by Crippen LogP contribution is -2.54. The van der Waals surface area contributed by atoms with Gasteiger partial charge in [0.05, 0.1) is 6.04 Å². The Hall–Kier alpha value is -3.05. The maximum Gasteiger partial charge on any atom is 0.271 e. The fraction of sp³-hybridized carbons (Fsp3) is 0.143. The van der Waals surface area contributed by atoms with Gasteiger partial charge in [0.2, 0.25) is 0 Å². The summed E-state index contributed by atoms with van der Waals surface area (Å²) in [5, 5.41) is 5.52. The lowest BCUT2D eigenvalue weighted by atomic mass is 9.98. The highest BCUT2D eigenvalue weighted by Gasteiger charge is 2.31. The normalized spacial score (nSPS) is 14.4. The Bertz CT molecular complexity index is 1060. The molecule has 1 N–H and O–H groups in total. The van der Waals surface area contributed by atoms with Crippen molar-refractivity contribution in [3.63, 3.8) is 0 Å². The van der Waals surface area contributed by atoms with Crippen LogP contribution in [0.2, 0.25) is 5.02 Å². The van der Waals surface area contributed by atoms with E-state index in [2.05, 4.69) is 5.32 Å². The Kier molecular flexibility index (Phi) is 4.46. The molecule has 27 heavy (non-hydrogen) atoms. The fourth-order valence-electron chi connectivity index (χ4n) is 3.49. The molecule has 0 saturated heterocycles. The molecule has 4 rings (SSSR count). The van der Waals surface area contributed by atoms with Crippen LogP contribution in [0.4, 0.5) is 0 Å². The molecule has 1 unspecified atom stereocenters. The highest BCUT2D eigenvalue weighted by atomic mass is 35.5. The molecule has 1 amide bonds. The van der Waals surface area contributed by atoms with Crippen molar-refractivity contribution in [3.05, 3.63) is 104 Å². The molecular formula is C21H18ClN3O2. The number of carbonyl (C=O) groups excluding carboxylic acids is 1. The third-order valence-electron chi connectivity index (χ3n) is 4.83. The number of fused-ring (bicyclic) bond motifs is 1. The van der Waals surface area contributed by atoms with Gasteiger partial charge in [-0.15, -0.1) is 0 Å². The van der Waals surface area contributed by atoms with Crippen LogP contribution in [-0.2, 0) is 0 Å². The third kappa shape index (κ3) is 3.00. The Morgan fingerprint density at radius 2 is 1.70 bits per heavy atom. The summed E-state index contributed by atoms with van der Waals surface area (Å²) in [7, 11) is 0. The lowest BCUT2D eigenvalue weighted by Gasteiger charge is -2.40. The van der Waals surface area contributed by atoms with Crippen LogP contribution in [0.5, 0.6) is 0 Å². The molecule has 136 valence electrons. The number of amides is 1. The Morgan fingerprint density at radius 1 is 1.00 bits per heavy atom. The van der Waals surface area contributed by atoms with Crippen LogP contribution < -0.4 is 15.8 Å². The number of rotatable bonds is 3. The van der Waals surface area contributed by atoms with Gasteiger partial charge in [0.25, 0.3) is 5.91 Å². The molecule has 0 saturated carbocycles. The zero-order chi connectivity index (χ0) is 19.0. The van der Waals surface area contributed by atoms with Gasteiger partial charge < -0.3 is 5.32 Å². The molecule has 5 nitrogen and oxygen atoms in total. The number of carbonyl (C=O) groups is 1. The van der Waals surface area contributed by atoms with Crippen molar-refractivity contribution in [2.24, 2.45) is 0 Å². The summed E-state index contributed by atoms with van der Waals surface area (Å²) in [6.07, 6.45) is 1.65. The molecule has 3 aromatic rings. The summed E-state index contributed by atoms with van der Waals surface area (Å²) in [6.45, 7) is 1.96. The van der Waals surface area contributed by atoms with Crippen LogP contribution in [0, 0.1) is 6.92 Å². The number of nitrogens with zero attached hydrogens (tertiary/aromatic N) is 2. The molecule has 2 heterocycles. The average molecular weight is 380 g/mol. The highest BCUT2D eigenvalue weighted by molar-refractivity contribution is 6.31. The number of nitrogens with one attached hydrogen (secondary N) is 1. The molecule has 0 bridgehead atoms. The van der Waals surface area contributed by atoms with Crippen molar-refractivity contribution in [2.45, 2.75) is 13.0 Å². The second kappa shape index (κ2) is 6.93. The van der Waals surface area contributed by atoms with Gasteiger partial charge >= 0.3 is 0 Å². The first-order valence-corrected chi connectivity index (χ1v) is 9.02. The SMILES string of the molecule is Cc1c2n(ccc1=O)N(C(c1ccccc1)c1ccccc1Cl)CNC2=O. The summed E-state index contributed by atoms with van der Waals surface area (Å²) >= 11 is 6.53. The van der Waals surface area contributed by atoms with E-state index < -0.39 is 0 Å². The minimum atomic E-state index is -0.257. The predicted octanol–water partition coefficient (Wildman–Crippen LogP) is 3.24. The van der Waals surface area contributed by atoms with E-state index in [1.54, 1.807) is 17.8 Å². The number of halogens is 1. The predicted molar refractivity (Wildman–Crippen MR) is 106 cm³/mol. The topological polar surface area (TPSA) is 54.3 Å². The zero-order valence-corrected chi connectivity index (χ0v) is 15.5. The summed E-state index contributed by atoms with van der Waals surface area (Å²) in [4.78, 5) is 24.5. The van der Waals surface area contributed by atoms with E-state index in [-0.39, 0.29) is 17.4 Å². The number of benzene rings is 2. The van der Waals surface area contributed by atoms with E-state index >= 15 is 0 Å². The van der Waals surface area contributed by atoms with Gasteiger partial charge in [-0.2, -0.15) is 0 Å². The number of pyridine rings is 1. The zero-order valence-electron chi connectivity index (χ0n) is 14.7. The molecule has 1 aromatic heterocycles. The van der Waals surface area contributed by atoms with Gasteiger partial charge in [0.1, 0.15) is 12.4 Å². The summed E-state index contributed by atoms with van der Waals surface area (Å²) in [5.74, 6) is -0.257. The summed E-state index contributed by atoms with van der Waals surface area (Å²) in [5.41, 5.74) is 2.56. The van der Waals surface area contributed by atoms with E-state index in [1.165, 1.54) is 6.07 Å². The second-order valence-electron chi connectivity index (χ2n) is 6.44. The van der Waals surface area contributed by atoms with Gasteiger partial charge in [-0.3, -0.25) is 19.3 Å². The Balaban J connectivity index is 1.94. The van der Waals surface area contributed by atoms with Crippen molar-refractivity contribution in [1.82, 2.24) is 9.99 Å². The smallest absolute Gasteiger partial charge is 0.271 e. The van der Waals surface area contributed by atoms with E-state index in [4.69, 9.17) is 11.6 Å². The molecular weight excluding hydrogens is 362 g/mol. The average Bonchev–Trinajstić information content (AvgIpc) is 2.68.